The lowest BCUT2D eigenvalue weighted by molar-refractivity contribution is -0.0673. The average Bonchev–Trinajstić information content (AvgIpc) is 0.768. The number of benzene rings is 6. The average molecular weight is 1340 g/mol. The molecule has 0 atom stereocenters. The first-order valence-electron chi connectivity index (χ1n) is 34.4. The van der Waals surface area contributed by atoms with Crippen LogP contribution >= 0.6 is 17.2 Å². The first-order valence-corrected chi connectivity index (χ1v) is 36.6. The largest absolute Gasteiger partial charge is 0.507 e. The fourth-order valence-corrected chi connectivity index (χ4v) is 16.6. The molecule has 0 aliphatic carbocycles. The van der Waals surface area contributed by atoms with Crippen molar-refractivity contribution in [3.63, 3.8) is 0 Å². The Labute approximate surface area is 575 Å². The van der Waals surface area contributed by atoms with E-state index in [9.17, 15) is 20.4 Å². The number of phenolic OH excluding ortho intramolecular Hbond substituents is 4. The fraction of sp³-hybridized carbons (Fsp3) is 0.566. The molecule has 0 radical (unpaired) electrons. The molecule has 6 aromatic carbocycles. The molecule has 0 unspecified atom stereocenters. The van der Waals surface area contributed by atoms with Gasteiger partial charge in [-0.2, -0.15) is 0 Å². The molecule has 0 bridgehead atoms. The molecule has 12 heteroatoms. The van der Waals surface area contributed by atoms with Crippen LogP contribution in [0.15, 0.2) is 48.5 Å². The van der Waals surface area contributed by atoms with E-state index in [4.69, 9.17) is 27.1 Å². The highest BCUT2D eigenvalue weighted by Crippen LogP contribution is 2.56. The SMILES string of the molecule is Cc1c(Cc2cc(C(C)(C)C)c(O)c(C(C)(C)C)c2)c(C)c(OP2OCC3(CO2)COP(Oc2c(C)c(Cc4cc(C(C)(C)C)c(O)c(C(C)(C)C)c4)c(C)c(Cc4cc(C(C)(C)C)c(O)c(C(C)(C)C)c4)c2C)OC3)c(C)c1Cc1cc(C(C)(C)C)c(O)c(C(C)(C)C)c1. The van der Waals surface area contributed by atoms with Gasteiger partial charge in [-0.1, -0.05) is 215 Å². The molecular formula is C83H118O10P2. The fourth-order valence-electron chi connectivity index (χ4n) is 13.8. The van der Waals surface area contributed by atoms with Crippen LogP contribution in [-0.4, -0.2) is 46.9 Å². The molecule has 520 valence electrons. The number of rotatable bonds is 12. The van der Waals surface area contributed by atoms with Crippen molar-refractivity contribution in [3.05, 3.63) is 171 Å². The third kappa shape index (κ3) is 16.3. The van der Waals surface area contributed by atoms with Crippen LogP contribution in [0.1, 0.15) is 289 Å². The van der Waals surface area contributed by atoms with Gasteiger partial charge in [-0.3, -0.25) is 0 Å². The zero-order valence-corrected chi connectivity index (χ0v) is 65.7. The van der Waals surface area contributed by atoms with Crippen LogP contribution < -0.4 is 9.05 Å². The Hall–Kier alpha value is -5.18. The van der Waals surface area contributed by atoms with Crippen LogP contribution in [0.3, 0.4) is 0 Å². The Morgan fingerprint density at radius 2 is 0.453 bits per heavy atom. The van der Waals surface area contributed by atoms with Gasteiger partial charge in [0.15, 0.2) is 0 Å². The van der Waals surface area contributed by atoms with Crippen molar-refractivity contribution in [1.82, 2.24) is 0 Å². The maximum atomic E-state index is 11.8. The summed E-state index contributed by atoms with van der Waals surface area (Å²) < 4.78 is 40.9. The molecule has 10 nitrogen and oxygen atoms in total. The molecule has 2 aliphatic heterocycles. The quantitative estimate of drug-likeness (QED) is 0.0877. The molecule has 2 saturated heterocycles. The molecule has 2 fully saturated rings. The van der Waals surface area contributed by atoms with Crippen molar-refractivity contribution in [3.8, 4) is 34.5 Å². The second kappa shape index (κ2) is 26.5. The van der Waals surface area contributed by atoms with Gasteiger partial charge in [0.1, 0.15) is 34.5 Å². The maximum absolute atomic E-state index is 11.8. The molecule has 8 rings (SSSR count). The minimum Gasteiger partial charge on any atom is -0.507 e. The molecular weight excluding hydrogens is 1220 g/mol. The maximum Gasteiger partial charge on any atom is 0.397 e. The van der Waals surface area contributed by atoms with Crippen LogP contribution in [0.25, 0.3) is 0 Å². The van der Waals surface area contributed by atoms with Gasteiger partial charge >= 0.3 is 17.2 Å². The van der Waals surface area contributed by atoms with Crippen molar-refractivity contribution >= 4 is 17.2 Å². The van der Waals surface area contributed by atoms with E-state index in [1.165, 1.54) is 11.1 Å². The van der Waals surface area contributed by atoms with Crippen molar-refractivity contribution in [1.29, 1.82) is 0 Å². The Morgan fingerprint density at radius 1 is 0.295 bits per heavy atom. The molecule has 0 aromatic heterocycles. The monoisotopic (exact) mass is 1340 g/mol. The smallest absolute Gasteiger partial charge is 0.397 e. The summed E-state index contributed by atoms with van der Waals surface area (Å²) in [4.78, 5) is 0. The first kappa shape index (κ1) is 75.6. The van der Waals surface area contributed by atoms with Crippen molar-refractivity contribution in [2.75, 3.05) is 26.4 Å². The molecule has 4 N–H and O–H groups in total. The Balaban J connectivity index is 1.12. The number of hydrogen-bond donors (Lipinski definition) is 4. The molecule has 1 spiro atoms. The minimum absolute atomic E-state index is 0.291. The van der Waals surface area contributed by atoms with E-state index < -0.39 is 22.6 Å². The second-order valence-electron chi connectivity index (χ2n) is 36.4. The second-order valence-corrected chi connectivity index (χ2v) is 38.7. The number of phenols is 4. The van der Waals surface area contributed by atoms with Gasteiger partial charge in [0, 0.05) is 0 Å². The molecule has 2 aliphatic rings. The van der Waals surface area contributed by atoms with Crippen molar-refractivity contribution in [2.24, 2.45) is 5.41 Å². The Morgan fingerprint density at radius 3 is 0.600 bits per heavy atom. The summed E-state index contributed by atoms with van der Waals surface area (Å²) in [6.07, 6.45) is 2.45. The van der Waals surface area contributed by atoms with Crippen LogP contribution in [0.4, 0.5) is 0 Å². The highest BCUT2D eigenvalue weighted by atomic mass is 31.2. The molecule has 0 amide bonds. The van der Waals surface area contributed by atoms with Crippen LogP contribution in [0.2, 0.25) is 0 Å². The summed E-state index contributed by atoms with van der Waals surface area (Å²) in [5, 5.41) is 47.3. The van der Waals surface area contributed by atoms with Crippen molar-refractivity contribution in [2.45, 2.75) is 277 Å². The van der Waals surface area contributed by atoms with E-state index >= 15 is 0 Å². The predicted molar refractivity (Wildman–Crippen MR) is 396 cm³/mol. The van der Waals surface area contributed by atoms with Gasteiger partial charge in [-0.15, -0.1) is 0 Å². The zero-order valence-electron chi connectivity index (χ0n) is 63.9. The van der Waals surface area contributed by atoms with E-state index in [0.29, 0.717) is 75.1 Å². The molecule has 95 heavy (non-hydrogen) atoms. The summed E-state index contributed by atoms with van der Waals surface area (Å²) in [6, 6.07) is 17.5. The van der Waals surface area contributed by atoms with E-state index in [1.807, 2.05) is 0 Å². The lowest BCUT2D eigenvalue weighted by Gasteiger charge is -2.41. The summed E-state index contributed by atoms with van der Waals surface area (Å²) >= 11 is 0. The van der Waals surface area contributed by atoms with Gasteiger partial charge in [0.2, 0.25) is 0 Å². The van der Waals surface area contributed by atoms with Gasteiger partial charge in [0.05, 0.1) is 31.8 Å². The summed E-state index contributed by atoms with van der Waals surface area (Å²) in [7, 11) is -3.72. The minimum atomic E-state index is -1.86. The lowest BCUT2D eigenvalue weighted by atomic mass is 9.76. The Bertz CT molecular complexity index is 3250. The van der Waals surface area contributed by atoms with Gasteiger partial charge in [-0.05, 0) is 233 Å². The van der Waals surface area contributed by atoms with Gasteiger partial charge < -0.3 is 47.6 Å². The topological polar surface area (TPSA) is 136 Å². The van der Waals surface area contributed by atoms with Crippen LogP contribution in [0, 0.1) is 47.0 Å². The van der Waals surface area contributed by atoms with E-state index in [1.54, 1.807) is 0 Å². The molecule has 6 aromatic rings. The Kier molecular flexibility index (Phi) is 21.1. The van der Waals surface area contributed by atoms with Crippen LogP contribution in [0.5, 0.6) is 34.5 Å². The zero-order chi connectivity index (χ0) is 71.4. The van der Waals surface area contributed by atoms with Gasteiger partial charge in [0.25, 0.3) is 0 Å². The van der Waals surface area contributed by atoms with Gasteiger partial charge in [-0.25, -0.2) is 0 Å². The molecule has 0 saturated carbocycles. The molecule has 2 heterocycles. The highest BCUT2D eigenvalue weighted by molar-refractivity contribution is 7.42. The number of aromatic hydroxyl groups is 4. The highest BCUT2D eigenvalue weighted by Gasteiger charge is 2.46. The van der Waals surface area contributed by atoms with E-state index in [-0.39, 0.29) is 43.3 Å². The summed E-state index contributed by atoms with van der Waals surface area (Å²) in [6.45, 7) is 66.0. The first-order chi connectivity index (χ1) is 43.2. The van der Waals surface area contributed by atoms with Crippen molar-refractivity contribution < 1.29 is 47.6 Å². The standard InChI is InChI=1S/C83H118O10P2/c1-47-57(31-53-35-61(75(7,8)9)69(84)62(36-53)76(10,11)12)49(3)73(50(4)58(47)32-54-37-63(77(13,14)15)70(85)64(38-54)78(16,17)18)92-94-88-43-83(44-89-94)45-90-95(91-46-83)93-74-51(5)59(33-55-39-65(79(19,20)21)71(86)66(40-55)80(22,23)24)48(2)60(52(74)6)34-56-41-67(81(25,26)27)72(87)68(42-56)82(28,29)30/h35-42,84-87H,31-34,43-46H2,1-30H3. The normalized spacial score (nSPS) is 18.0. The van der Waals surface area contributed by atoms with E-state index in [0.717, 1.165) is 123 Å². The predicted octanol–water partition coefficient (Wildman–Crippen LogP) is 22.1. The summed E-state index contributed by atoms with van der Waals surface area (Å²) in [5.41, 5.74) is 19.8. The van der Waals surface area contributed by atoms with Crippen LogP contribution in [-0.2, 0) is 87.1 Å². The lowest BCUT2D eigenvalue weighted by Crippen LogP contribution is -2.45. The summed E-state index contributed by atoms with van der Waals surface area (Å²) in [5.74, 6) is 2.90. The van der Waals surface area contributed by atoms with E-state index in [2.05, 4.69) is 256 Å². The third-order valence-electron chi connectivity index (χ3n) is 19.9. The third-order valence-corrected chi connectivity index (χ3v) is 21.9. The number of hydrogen-bond acceptors (Lipinski definition) is 10.